The van der Waals surface area contributed by atoms with Gasteiger partial charge in [0.1, 0.15) is 13.2 Å². The van der Waals surface area contributed by atoms with E-state index in [1.807, 2.05) is 0 Å². The van der Waals surface area contributed by atoms with Crippen LogP contribution < -0.4 is 0 Å². The SMILES string of the molecule is CCCCCCCCCCCC[N+](C)(C)CCOC(=O)CC(CCCCCCC)OS(=O)(=O)O. The quantitative estimate of drug-likeness (QED) is 0.0696. The van der Waals surface area contributed by atoms with Crippen LogP contribution in [0.1, 0.15) is 123 Å². The number of esters is 1. The number of hydrogen-bond donors (Lipinski definition) is 1. The number of quaternary nitrogens is 1. The van der Waals surface area contributed by atoms with Gasteiger partial charge >= 0.3 is 16.4 Å². The zero-order valence-electron chi connectivity index (χ0n) is 22.6. The summed E-state index contributed by atoms with van der Waals surface area (Å²) < 4.78 is 42.1. The Morgan fingerprint density at radius 3 is 1.74 bits per heavy atom. The van der Waals surface area contributed by atoms with Crippen molar-refractivity contribution in [3.8, 4) is 0 Å². The van der Waals surface area contributed by atoms with Gasteiger partial charge in [-0.15, -0.1) is 0 Å². The summed E-state index contributed by atoms with van der Waals surface area (Å²) in [6.07, 6.45) is 17.5. The van der Waals surface area contributed by atoms with Gasteiger partial charge in [-0.1, -0.05) is 97.3 Å². The Bertz CT molecular complexity index is 594. The fraction of sp³-hybridized carbons (Fsp3) is 0.962. The second-order valence-corrected chi connectivity index (χ2v) is 11.4. The topological polar surface area (TPSA) is 89.9 Å². The molecule has 34 heavy (non-hydrogen) atoms. The zero-order chi connectivity index (χ0) is 25.7. The van der Waals surface area contributed by atoms with Crippen molar-refractivity contribution < 1.29 is 31.2 Å². The number of likely N-dealkylation sites (N-methyl/N-ethyl adjacent to an activating group) is 1. The first-order valence-corrected chi connectivity index (χ1v) is 15.1. The molecule has 0 saturated carbocycles. The van der Waals surface area contributed by atoms with Crippen molar-refractivity contribution in [2.45, 2.75) is 129 Å². The Balaban J connectivity index is 4.05. The molecule has 0 aromatic heterocycles. The number of carbonyl (C=O) groups excluding carboxylic acids is 1. The smallest absolute Gasteiger partial charge is 0.397 e. The summed E-state index contributed by atoms with van der Waals surface area (Å²) in [5.74, 6) is -0.485. The van der Waals surface area contributed by atoms with E-state index < -0.39 is 22.5 Å². The number of ether oxygens (including phenoxy) is 1. The van der Waals surface area contributed by atoms with E-state index in [0.29, 0.717) is 19.6 Å². The Morgan fingerprint density at radius 1 is 0.765 bits per heavy atom. The number of nitrogens with zero attached hydrogens (tertiary/aromatic N) is 1. The summed E-state index contributed by atoms with van der Waals surface area (Å²) >= 11 is 0. The van der Waals surface area contributed by atoms with E-state index in [1.54, 1.807) is 0 Å². The van der Waals surface area contributed by atoms with Gasteiger partial charge in [0, 0.05) is 0 Å². The maximum atomic E-state index is 12.2. The van der Waals surface area contributed by atoms with E-state index in [-0.39, 0.29) is 6.42 Å². The first-order valence-electron chi connectivity index (χ1n) is 13.7. The molecule has 1 atom stereocenters. The molecule has 0 saturated heterocycles. The maximum absolute atomic E-state index is 12.2. The van der Waals surface area contributed by atoms with Gasteiger partial charge in [0.15, 0.2) is 0 Å². The second kappa shape index (κ2) is 20.5. The lowest BCUT2D eigenvalue weighted by Crippen LogP contribution is -2.43. The molecule has 0 spiro atoms. The van der Waals surface area contributed by atoms with E-state index >= 15 is 0 Å². The first-order chi connectivity index (χ1) is 16.1. The molecule has 0 bridgehead atoms. The molecule has 0 aliphatic rings. The Labute approximate surface area is 210 Å². The standard InChI is InChI=1S/C26H53NO6S/c1-5-7-9-11-12-13-14-15-17-19-21-27(3,4)22-23-32-26(28)24-25(33-34(29,30)31)20-18-16-10-8-6-2/h25H,5-24H2,1-4H3/p+1. The van der Waals surface area contributed by atoms with Crippen LogP contribution in [0.5, 0.6) is 0 Å². The summed E-state index contributed by atoms with van der Waals surface area (Å²) in [5.41, 5.74) is 0. The molecule has 7 nitrogen and oxygen atoms in total. The second-order valence-electron chi connectivity index (χ2n) is 10.3. The number of hydrogen-bond acceptors (Lipinski definition) is 5. The fourth-order valence-corrected chi connectivity index (χ4v) is 4.63. The molecule has 0 radical (unpaired) electrons. The third kappa shape index (κ3) is 23.1. The van der Waals surface area contributed by atoms with Crippen LogP contribution in [0.3, 0.4) is 0 Å². The minimum Gasteiger partial charge on any atom is -0.460 e. The molecule has 204 valence electrons. The molecule has 0 rings (SSSR count). The lowest BCUT2D eigenvalue weighted by molar-refractivity contribution is -0.890. The van der Waals surface area contributed by atoms with Crippen molar-refractivity contribution in [2.24, 2.45) is 0 Å². The number of carbonyl (C=O) groups is 1. The molecule has 1 N–H and O–H groups in total. The predicted octanol–water partition coefficient (Wildman–Crippen LogP) is 6.47. The molecule has 1 unspecified atom stereocenters. The molecule has 0 amide bonds. The lowest BCUT2D eigenvalue weighted by atomic mass is 10.1. The molecule has 0 aliphatic heterocycles. The average Bonchev–Trinajstić information content (AvgIpc) is 2.73. The maximum Gasteiger partial charge on any atom is 0.397 e. The van der Waals surface area contributed by atoms with Crippen molar-refractivity contribution in [2.75, 3.05) is 33.8 Å². The molecular weight excluding hydrogens is 454 g/mol. The highest BCUT2D eigenvalue weighted by Crippen LogP contribution is 2.15. The largest absolute Gasteiger partial charge is 0.460 e. The highest BCUT2D eigenvalue weighted by molar-refractivity contribution is 7.80. The van der Waals surface area contributed by atoms with E-state index in [1.165, 1.54) is 64.2 Å². The van der Waals surface area contributed by atoms with Crippen molar-refractivity contribution >= 4 is 16.4 Å². The van der Waals surface area contributed by atoms with E-state index in [4.69, 9.17) is 13.5 Å². The van der Waals surface area contributed by atoms with Crippen molar-refractivity contribution in [3.63, 3.8) is 0 Å². The van der Waals surface area contributed by atoms with Crippen LogP contribution in [0.25, 0.3) is 0 Å². The number of unbranched alkanes of at least 4 members (excludes halogenated alkanes) is 13. The van der Waals surface area contributed by atoms with Crippen LogP contribution in [0.4, 0.5) is 0 Å². The fourth-order valence-electron chi connectivity index (χ4n) is 4.12. The molecule has 0 aromatic carbocycles. The highest BCUT2D eigenvalue weighted by atomic mass is 32.3. The van der Waals surface area contributed by atoms with Gasteiger partial charge in [0.25, 0.3) is 0 Å². The first kappa shape index (κ1) is 33.3. The molecule has 0 aromatic rings. The van der Waals surface area contributed by atoms with Crippen LogP contribution in [0.15, 0.2) is 0 Å². The van der Waals surface area contributed by atoms with Crippen molar-refractivity contribution in [1.29, 1.82) is 0 Å². The molecular formula is C26H54NO6S+. The summed E-state index contributed by atoms with van der Waals surface area (Å²) in [6, 6.07) is 0. The van der Waals surface area contributed by atoms with Gasteiger partial charge < -0.3 is 9.22 Å². The van der Waals surface area contributed by atoms with Crippen molar-refractivity contribution in [3.05, 3.63) is 0 Å². The Kier molecular flexibility index (Phi) is 20.1. The summed E-state index contributed by atoms with van der Waals surface area (Å²) in [5, 5.41) is 0. The lowest BCUT2D eigenvalue weighted by Gasteiger charge is -2.29. The Hall–Kier alpha value is -0.700. The van der Waals surface area contributed by atoms with E-state index in [9.17, 15) is 13.2 Å². The average molecular weight is 509 g/mol. The Morgan fingerprint density at radius 2 is 1.24 bits per heavy atom. The predicted molar refractivity (Wildman–Crippen MR) is 139 cm³/mol. The summed E-state index contributed by atoms with van der Waals surface area (Å²) in [7, 11) is -0.313. The molecule has 0 aliphatic carbocycles. The van der Waals surface area contributed by atoms with Gasteiger partial charge in [-0.2, -0.15) is 8.42 Å². The van der Waals surface area contributed by atoms with Gasteiger partial charge in [-0.25, -0.2) is 4.18 Å². The zero-order valence-corrected chi connectivity index (χ0v) is 23.4. The molecule has 0 fully saturated rings. The summed E-state index contributed by atoms with van der Waals surface area (Å²) in [6.45, 7) is 6.42. The van der Waals surface area contributed by atoms with Gasteiger partial charge in [0.05, 0.1) is 33.2 Å². The third-order valence-corrected chi connectivity index (χ3v) is 6.87. The van der Waals surface area contributed by atoms with Crippen LogP contribution in [0, 0.1) is 0 Å². The van der Waals surface area contributed by atoms with Crippen molar-refractivity contribution in [1.82, 2.24) is 0 Å². The van der Waals surface area contributed by atoms with Gasteiger partial charge in [-0.05, 0) is 19.3 Å². The third-order valence-electron chi connectivity index (χ3n) is 6.36. The number of rotatable bonds is 24. The molecule has 8 heteroatoms. The minimum atomic E-state index is -4.60. The van der Waals surface area contributed by atoms with Crippen LogP contribution in [-0.4, -0.2) is 63.3 Å². The minimum absolute atomic E-state index is 0.167. The highest BCUT2D eigenvalue weighted by Gasteiger charge is 2.22. The van der Waals surface area contributed by atoms with Crippen LogP contribution in [0.2, 0.25) is 0 Å². The van der Waals surface area contributed by atoms with E-state index in [2.05, 4.69) is 27.9 Å². The summed E-state index contributed by atoms with van der Waals surface area (Å²) in [4.78, 5) is 12.2. The van der Waals surface area contributed by atoms with Gasteiger partial charge in [0.2, 0.25) is 0 Å². The van der Waals surface area contributed by atoms with Crippen LogP contribution >= 0.6 is 0 Å². The van der Waals surface area contributed by atoms with E-state index in [0.717, 1.165) is 43.1 Å². The van der Waals surface area contributed by atoms with Crippen LogP contribution in [-0.2, 0) is 24.1 Å². The molecule has 0 heterocycles. The van der Waals surface area contributed by atoms with Gasteiger partial charge in [-0.3, -0.25) is 9.35 Å². The monoisotopic (exact) mass is 508 g/mol. The normalized spacial score (nSPS) is 13.2.